The summed E-state index contributed by atoms with van der Waals surface area (Å²) >= 11 is 0. The molecule has 0 aliphatic heterocycles. The van der Waals surface area contributed by atoms with E-state index in [9.17, 15) is 4.79 Å². The Kier molecular flexibility index (Phi) is 7.70. The number of allylic oxidation sites excluding steroid dienone is 1. The van der Waals surface area contributed by atoms with Crippen LogP contribution in [0.2, 0.25) is 0 Å². The van der Waals surface area contributed by atoms with E-state index in [1.165, 1.54) is 21.1 Å². The highest BCUT2D eigenvalue weighted by atomic mass is 16.5. The fourth-order valence-corrected chi connectivity index (χ4v) is 2.50. The van der Waals surface area contributed by atoms with E-state index >= 15 is 0 Å². The molecule has 1 aromatic rings. The third kappa shape index (κ3) is 4.45. The van der Waals surface area contributed by atoms with E-state index in [1.54, 1.807) is 7.11 Å². The number of benzene rings is 1. The first-order chi connectivity index (χ1) is 11.5. The fourth-order valence-electron chi connectivity index (χ4n) is 2.50. The van der Waals surface area contributed by atoms with Gasteiger partial charge in [-0.15, -0.1) is 13.0 Å². The molecule has 0 saturated carbocycles. The van der Waals surface area contributed by atoms with Gasteiger partial charge in [-0.3, -0.25) is 4.79 Å². The highest BCUT2D eigenvalue weighted by Gasteiger charge is 2.27. The summed E-state index contributed by atoms with van der Waals surface area (Å²) in [7, 11) is 4.57. The van der Waals surface area contributed by atoms with Crippen LogP contribution in [-0.2, 0) is 16.0 Å². The molecule has 1 atom stereocenters. The highest BCUT2D eigenvalue weighted by Crippen LogP contribution is 2.45. The lowest BCUT2D eigenvalue weighted by Gasteiger charge is -2.22. The van der Waals surface area contributed by atoms with Crippen molar-refractivity contribution in [3.63, 3.8) is 0 Å². The number of esters is 1. The SMILES string of the molecule is C#CC(OC(C)=O)c1c(CCCC=C)cc(OC)c(OC)c1OC. The van der Waals surface area contributed by atoms with Gasteiger partial charge in [-0.2, -0.15) is 0 Å². The summed E-state index contributed by atoms with van der Waals surface area (Å²) in [4.78, 5) is 11.4. The predicted octanol–water partition coefficient (Wildman–Crippen LogP) is 3.46. The second-order valence-corrected chi connectivity index (χ2v) is 5.06. The molecule has 5 nitrogen and oxygen atoms in total. The van der Waals surface area contributed by atoms with Gasteiger partial charge in [-0.25, -0.2) is 0 Å². The Labute approximate surface area is 143 Å². The summed E-state index contributed by atoms with van der Waals surface area (Å²) in [6, 6.07) is 1.84. The molecule has 130 valence electrons. The van der Waals surface area contributed by atoms with Crippen molar-refractivity contribution in [1.82, 2.24) is 0 Å². The van der Waals surface area contributed by atoms with E-state index in [-0.39, 0.29) is 0 Å². The average molecular weight is 332 g/mol. The van der Waals surface area contributed by atoms with E-state index in [2.05, 4.69) is 12.5 Å². The first kappa shape index (κ1) is 19.4. The lowest BCUT2D eigenvalue weighted by atomic mass is 9.95. The Morgan fingerprint density at radius 2 is 1.96 bits per heavy atom. The topological polar surface area (TPSA) is 54.0 Å². The molecule has 24 heavy (non-hydrogen) atoms. The number of rotatable bonds is 9. The first-order valence-corrected chi connectivity index (χ1v) is 7.59. The summed E-state index contributed by atoms with van der Waals surface area (Å²) in [6.45, 7) is 5.04. The monoisotopic (exact) mass is 332 g/mol. The number of hydrogen-bond donors (Lipinski definition) is 0. The molecule has 0 heterocycles. The lowest BCUT2D eigenvalue weighted by molar-refractivity contribution is -0.144. The number of hydrogen-bond acceptors (Lipinski definition) is 5. The van der Waals surface area contributed by atoms with E-state index in [0.717, 1.165) is 18.4 Å². The molecule has 0 aliphatic carbocycles. The minimum absolute atomic E-state index is 0.412. The van der Waals surface area contributed by atoms with Crippen molar-refractivity contribution < 1.29 is 23.7 Å². The molecule has 0 aliphatic rings. The van der Waals surface area contributed by atoms with Gasteiger partial charge in [0.05, 0.1) is 26.9 Å². The Morgan fingerprint density at radius 3 is 2.42 bits per heavy atom. The average Bonchev–Trinajstić information content (AvgIpc) is 2.58. The van der Waals surface area contributed by atoms with Gasteiger partial charge in [-0.05, 0) is 30.9 Å². The molecule has 0 bridgehead atoms. The maximum Gasteiger partial charge on any atom is 0.304 e. The first-order valence-electron chi connectivity index (χ1n) is 7.59. The van der Waals surface area contributed by atoms with Gasteiger partial charge >= 0.3 is 5.97 Å². The molecule has 0 aromatic heterocycles. The molecule has 1 unspecified atom stereocenters. The normalized spacial score (nSPS) is 11.1. The van der Waals surface area contributed by atoms with Crippen LogP contribution in [0, 0.1) is 12.3 Å². The van der Waals surface area contributed by atoms with Crippen LogP contribution in [0.3, 0.4) is 0 Å². The van der Waals surface area contributed by atoms with E-state index in [4.69, 9.17) is 25.4 Å². The molecule has 1 rings (SSSR count). The molecule has 0 radical (unpaired) electrons. The third-order valence-corrected chi connectivity index (χ3v) is 3.51. The molecular formula is C19H24O5. The Hall–Kier alpha value is -2.61. The van der Waals surface area contributed by atoms with Crippen LogP contribution in [0.1, 0.15) is 37.0 Å². The summed E-state index contributed by atoms with van der Waals surface area (Å²) in [6.07, 6.45) is 9.00. The number of methoxy groups -OCH3 is 3. The van der Waals surface area contributed by atoms with E-state index in [1.807, 2.05) is 12.1 Å². The number of unbranched alkanes of at least 4 members (excludes halogenated alkanes) is 1. The van der Waals surface area contributed by atoms with Gasteiger partial charge in [0.25, 0.3) is 0 Å². The van der Waals surface area contributed by atoms with Crippen LogP contribution >= 0.6 is 0 Å². The van der Waals surface area contributed by atoms with Crippen LogP contribution in [-0.4, -0.2) is 27.3 Å². The van der Waals surface area contributed by atoms with Crippen molar-refractivity contribution in [3.05, 3.63) is 29.8 Å². The largest absolute Gasteiger partial charge is 0.493 e. The maximum atomic E-state index is 11.4. The summed E-state index contributed by atoms with van der Waals surface area (Å²) in [5.41, 5.74) is 1.49. The smallest absolute Gasteiger partial charge is 0.304 e. The second kappa shape index (κ2) is 9.51. The van der Waals surface area contributed by atoms with Crippen LogP contribution in [0.15, 0.2) is 18.7 Å². The van der Waals surface area contributed by atoms with Crippen molar-refractivity contribution in [2.45, 2.75) is 32.3 Å². The molecule has 0 N–H and O–H groups in total. The molecule has 5 heteroatoms. The second-order valence-electron chi connectivity index (χ2n) is 5.06. The Balaban J connectivity index is 3.55. The van der Waals surface area contributed by atoms with Gasteiger partial charge in [0, 0.05) is 6.92 Å². The fraction of sp³-hybridized carbons (Fsp3) is 0.421. The molecule has 0 fully saturated rings. The van der Waals surface area contributed by atoms with Crippen LogP contribution in [0.4, 0.5) is 0 Å². The van der Waals surface area contributed by atoms with E-state index in [0.29, 0.717) is 29.2 Å². The summed E-state index contributed by atoms with van der Waals surface area (Å²) < 4.78 is 21.6. The van der Waals surface area contributed by atoms with Crippen molar-refractivity contribution >= 4 is 5.97 Å². The number of carbonyl (C=O) groups excluding carboxylic acids is 1. The molecule has 0 saturated heterocycles. The minimum Gasteiger partial charge on any atom is -0.493 e. The molecule has 0 amide bonds. The lowest BCUT2D eigenvalue weighted by Crippen LogP contribution is -2.12. The van der Waals surface area contributed by atoms with Gasteiger partial charge in [-0.1, -0.05) is 12.0 Å². The molecule has 0 spiro atoms. The zero-order chi connectivity index (χ0) is 18.1. The quantitative estimate of drug-likeness (QED) is 0.300. The van der Waals surface area contributed by atoms with Crippen molar-refractivity contribution in [2.75, 3.05) is 21.3 Å². The number of aryl methyl sites for hydroxylation is 1. The zero-order valence-corrected chi connectivity index (χ0v) is 14.7. The van der Waals surface area contributed by atoms with Crippen LogP contribution in [0.25, 0.3) is 0 Å². The predicted molar refractivity (Wildman–Crippen MR) is 92.6 cm³/mol. The van der Waals surface area contributed by atoms with Crippen LogP contribution < -0.4 is 14.2 Å². The number of ether oxygens (including phenoxy) is 4. The molecule has 1 aromatic carbocycles. The van der Waals surface area contributed by atoms with E-state index < -0.39 is 12.1 Å². The van der Waals surface area contributed by atoms with Crippen molar-refractivity contribution in [1.29, 1.82) is 0 Å². The van der Waals surface area contributed by atoms with Crippen molar-refractivity contribution in [2.24, 2.45) is 0 Å². The van der Waals surface area contributed by atoms with Gasteiger partial charge < -0.3 is 18.9 Å². The van der Waals surface area contributed by atoms with Gasteiger partial charge in [0.1, 0.15) is 0 Å². The standard InChI is InChI=1S/C19H24O5/c1-7-9-10-11-14-12-16(21-4)18(22-5)19(23-6)17(14)15(8-2)24-13(3)20/h2,7,12,15H,1,9-11H2,3-6H3. The summed E-state index contributed by atoms with van der Waals surface area (Å²) in [5, 5.41) is 0. The maximum absolute atomic E-state index is 11.4. The Bertz CT molecular complexity index is 628. The summed E-state index contributed by atoms with van der Waals surface area (Å²) in [5.74, 6) is 3.39. The minimum atomic E-state index is -0.865. The zero-order valence-electron chi connectivity index (χ0n) is 14.7. The number of carbonyl (C=O) groups is 1. The number of terminal acetylenes is 1. The van der Waals surface area contributed by atoms with Crippen molar-refractivity contribution in [3.8, 4) is 29.6 Å². The Morgan fingerprint density at radius 1 is 1.29 bits per heavy atom. The third-order valence-electron chi connectivity index (χ3n) is 3.51. The van der Waals surface area contributed by atoms with Gasteiger partial charge in [0.2, 0.25) is 5.75 Å². The van der Waals surface area contributed by atoms with Gasteiger partial charge in [0.15, 0.2) is 17.6 Å². The van der Waals surface area contributed by atoms with Crippen LogP contribution in [0.5, 0.6) is 17.2 Å². The highest BCUT2D eigenvalue weighted by molar-refractivity contribution is 5.68. The molecular weight excluding hydrogens is 308 g/mol.